The van der Waals surface area contributed by atoms with Crippen LogP contribution in [0.4, 0.5) is 5.69 Å². The van der Waals surface area contributed by atoms with Gasteiger partial charge in [0.15, 0.2) is 6.26 Å². The summed E-state index contributed by atoms with van der Waals surface area (Å²) in [5, 5.41) is 0. The first-order valence-corrected chi connectivity index (χ1v) is 6.48. The third-order valence-corrected chi connectivity index (χ3v) is 2.55. The molecule has 1 aromatic carbocycles. The maximum Gasteiger partial charge on any atom is 0.229 e. The molecule has 0 bridgehead atoms. The molecule has 1 radical (unpaired) electrons. The molecule has 2 rings (SSSR count). The molecule has 0 amide bonds. The van der Waals surface area contributed by atoms with Crippen LogP contribution in [0.3, 0.4) is 0 Å². The van der Waals surface area contributed by atoms with Crippen molar-refractivity contribution in [2.45, 2.75) is 0 Å². The Labute approximate surface area is 94.0 Å². The van der Waals surface area contributed by atoms with E-state index in [1.807, 2.05) is 0 Å². The third-order valence-electron chi connectivity index (χ3n) is 1.94. The van der Waals surface area contributed by atoms with Gasteiger partial charge in [0.1, 0.15) is 5.76 Å². The van der Waals surface area contributed by atoms with Crippen LogP contribution >= 0.6 is 0 Å². The van der Waals surface area contributed by atoms with Crippen LogP contribution in [0.5, 0.6) is 0 Å². The topological polar surface area (TPSA) is 59.3 Å². The molecule has 2 aromatic rings. The summed E-state index contributed by atoms with van der Waals surface area (Å²) in [6.07, 6.45) is 3.71. The summed E-state index contributed by atoms with van der Waals surface area (Å²) in [7, 11) is -3.22. The van der Waals surface area contributed by atoms with Crippen LogP contribution in [0.25, 0.3) is 11.3 Å². The quantitative estimate of drug-likeness (QED) is 0.888. The molecule has 1 aromatic heterocycles. The second kappa shape index (κ2) is 4.02. The van der Waals surface area contributed by atoms with Gasteiger partial charge in [0.05, 0.1) is 6.26 Å². The highest BCUT2D eigenvalue weighted by molar-refractivity contribution is 7.92. The van der Waals surface area contributed by atoms with Crippen LogP contribution in [-0.2, 0) is 10.0 Å². The smallest absolute Gasteiger partial charge is 0.229 e. The van der Waals surface area contributed by atoms with Gasteiger partial charge in [-0.15, -0.1) is 0 Å². The van der Waals surface area contributed by atoms with Crippen LogP contribution in [0.1, 0.15) is 0 Å². The number of rotatable bonds is 3. The lowest BCUT2D eigenvalue weighted by Gasteiger charge is -2.03. The molecule has 0 saturated heterocycles. The van der Waals surface area contributed by atoms with Crippen molar-refractivity contribution in [3.8, 4) is 11.3 Å². The number of hydrogen-bond acceptors (Lipinski definition) is 3. The molecule has 1 N–H and O–H groups in total. The Hall–Kier alpha value is -1.75. The highest BCUT2D eigenvalue weighted by Gasteiger charge is 2.03. The maximum absolute atomic E-state index is 11.0. The normalized spacial score (nSPS) is 11.3. The number of hydrogen-bond donors (Lipinski definition) is 1. The van der Waals surface area contributed by atoms with Gasteiger partial charge in [-0.2, -0.15) is 0 Å². The van der Waals surface area contributed by atoms with Gasteiger partial charge in [0.2, 0.25) is 10.0 Å². The number of benzene rings is 1. The average molecular weight is 236 g/mol. The largest absolute Gasteiger partial charge is 0.453 e. The molecule has 0 spiro atoms. The lowest BCUT2D eigenvalue weighted by molar-refractivity contribution is 0.573. The van der Waals surface area contributed by atoms with E-state index in [1.54, 1.807) is 36.4 Å². The van der Waals surface area contributed by atoms with E-state index in [4.69, 9.17) is 4.42 Å². The molecule has 0 unspecified atom stereocenters. The van der Waals surface area contributed by atoms with E-state index in [0.717, 1.165) is 11.8 Å². The first-order chi connectivity index (χ1) is 7.54. The minimum absolute atomic E-state index is 0.529. The van der Waals surface area contributed by atoms with Crippen molar-refractivity contribution in [3.63, 3.8) is 0 Å². The fourth-order valence-corrected chi connectivity index (χ4v) is 1.88. The van der Waals surface area contributed by atoms with E-state index in [2.05, 4.69) is 11.0 Å². The second-order valence-corrected chi connectivity index (χ2v) is 5.12. The van der Waals surface area contributed by atoms with E-state index < -0.39 is 10.0 Å². The molecule has 83 valence electrons. The van der Waals surface area contributed by atoms with Crippen molar-refractivity contribution in [2.75, 3.05) is 11.0 Å². The van der Waals surface area contributed by atoms with Crippen molar-refractivity contribution >= 4 is 15.7 Å². The van der Waals surface area contributed by atoms with Crippen LogP contribution in [0, 0.1) is 6.26 Å². The van der Waals surface area contributed by atoms with E-state index in [9.17, 15) is 8.42 Å². The average Bonchev–Trinajstić information content (AvgIpc) is 2.69. The van der Waals surface area contributed by atoms with Gasteiger partial charge in [-0.05, 0) is 36.4 Å². The third kappa shape index (κ3) is 2.64. The second-order valence-electron chi connectivity index (χ2n) is 3.37. The number of sulfonamides is 1. The zero-order chi connectivity index (χ0) is 11.6. The highest BCUT2D eigenvalue weighted by atomic mass is 32.2. The van der Waals surface area contributed by atoms with E-state index >= 15 is 0 Å². The van der Waals surface area contributed by atoms with Crippen molar-refractivity contribution in [2.24, 2.45) is 0 Å². The molecule has 0 saturated carbocycles. The van der Waals surface area contributed by atoms with Crippen molar-refractivity contribution in [3.05, 3.63) is 42.7 Å². The zero-order valence-electron chi connectivity index (χ0n) is 8.60. The predicted molar refractivity (Wildman–Crippen MR) is 61.4 cm³/mol. The van der Waals surface area contributed by atoms with E-state index in [0.29, 0.717) is 11.4 Å². The Morgan fingerprint density at radius 1 is 1.19 bits per heavy atom. The maximum atomic E-state index is 11.0. The van der Waals surface area contributed by atoms with Crippen LogP contribution in [0.2, 0.25) is 0 Å². The van der Waals surface area contributed by atoms with Gasteiger partial charge in [0.25, 0.3) is 0 Å². The Kier molecular flexibility index (Phi) is 2.70. The van der Waals surface area contributed by atoms with Gasteiger partial charge >= 0.3 is 0 Å². The number of anilines is 1. The fraction of sp³-hybridized carbons (Fsp3) is 0.0909. The van der Waals surface area contributed by atoms with Crippen molar-refractivity contribution in [1.29, 1.82) is 0 Å². The lowest BCUT2D eigenvalue weighted by Crippen LogP contribution is -2.09. The fourth-order valence-electron chi connectivity index (χ4n) is 1.31. The van der Waals surface area contributed by atoms with Crippen LogP contribution < -0.4 is 4.72 Å². The summed E-state index contributed by atoms with van der Waals surface area (Å²) in [5.74, 6) is 0.700. The molecule has 0 aliphatic carbocycles. The molecule has 0 aliphatic rings. The lowest BCUT2D eigenvalue weighted by atomic mass is 10.1. The molecule has 0 fully saturated rings. The summed E-state index contributed by atoms with van der Waals surface area (Å²) >= 11 is 0. The molecule has 5 heteroatoms. The summed E-state index contributed by atoms with van der Waals surface area (Å²) in [5.41, 5.74) is 1.40. The molecule has 0 atom stereocenters. The van der Waals surface area contributed by atoms with Gasteiger partial charge < -0.3 is 4.42 Å². The molecular formula is C11H10NO3S. The summed E-state index contributed by atoms with van der Waals surface area (Å²) < 4.78 is 29.4. The summed E-state index contributed by atoms with van der Waals surface area (Å²) in [4.78, 5) is 0. The number of nitrogens with one attached hydrogen (secondary N) is 1. The summed E-state index contributed by atoms with van der Waals surface area (Å²) in [6.45, 7) is 0. The first-order valence-electron chi connectivity index (χ1n) is 4.59. The van der Waals surface area contributed by atoms with Gasteiger partial charge in [-0.3, -0.25) is 4.72 Å². The Bertz CT molecular complexity index is 556. The van der Waals surface area contributed by atoms with E-state index in [1.165, 1.54) is 0 Å². The molecule has 0 aliphatic heterocycles. The SMILES string of the molecule is CS(=O)(=O)Nc1ccc(-c2cc[c]o2)cc1. The molecule has 4 nitrogen and oxygen atoms in total. The Morgan fingerprint density at radius 2 is 1.88 bits per heavy atom. The number of furan rings is 1. The zero-order valence-corrected chi connectivity index (χ0v) is 9.41. The minimum Gasteiger partial charge on any atom is -0.453 e. The minimum atomic E-state index is -3.22. The van der Waals surface area contributed by atoms with Gasteiger partial charge in [-0.25, -0.2) is 8.42 Å². The molecular weight excluding hydrogens is 226 g/mol. The van der Waals surface area contributed by atoms with Gasteiger partial charge in [0, 0.05) is 11.3 Å². The Balaban J connectivity index is 2.24. The summed E-state index contributed by atoms with van der Waals surface area (Å²) in [6, 6.07) is 10.4. The van der Waals surface area contributed by atoms with Crippen molar-refractivity contribution in [1.82, 2.24) is 0 Å². The Morgan fingerprint density at radius 3 is 2.38 bits per heavy atom. The molecule has 16 heavy (non-hydrogen) atoms. The molecule has 1 heterocycles. The monoisotopic (exact) mass is 236 g/mol. The highest BCUT2D eigenvalue weighted by Crippen LogP contribution is 2.21. The van der Waals surface area contributed by atoms with Crippen LogP contribution in [-0.4, -0.2) is 14.7 Å². The first kappa shape index (κ1) is 10.8. The van der Waals surface area contributed by atoms with Crippen molar-refractivity contribution < 1.29 is 12.8 Å². The van der Waals surface area contributed by atoms with E-state index in [-0.39, 0.29) is 0 Å². The predicted octanol–water partition coefficient (Wildman–Crippen LogP) is 2.12. The standard InChI is InChI=1S/C11H10NO3S/c1-16(13,14)12-10-6-4-9(5-7-10)11-3-2-8-15-11/h2-7,12H,1H3. The van der Waals surface area contributed by atoms with Gasteiger partial charge in [-0.1, -0.05) is 0 Å². The van der Waals surface area contributed by atoms with Crippen LogP contribution in [0.15, 0.2) is 40.8 Å².